The fraction of sp³-hybridized carbons (Fsp3) is 0.148. The van der Waals surface area contributed by atoms with Crippen LogP contribution in [0.3, 0.4) is 0 Å². The van der Waals surface area contributed by atoms with E-state index in [0.717, 1.165) is 28.8 Å². The van der Waals surface area contributed by atoms with E-state index in [1.165, 1.54) is 10.2 Å². The summed E-state index contributed by atoms with van der Waals surface area (Å²) in [6.07, 6.45) is 2.51. The lowest BCUT2D eigenvalue weighted by Crippen LogP contribution is -2.22. The molecule has 7 heteroatoms. The minimum atomic E-state index is -0.202. The number of nitrogens with one attached hydrogen (secondary N) is 2. The first-order valence-corrected chi connectivity index (χ1v) is 11.1. The molecule has 2 heterocycles. The fourth-order valence-electron chi connectivity index (χ4n) is 3.99. The van der Waals surface area contributed by atoms with Crippen LogP contribution in [0.4, 0.5) is 0 Å². The van der Waals surface area contributed by atoms with E-state index in [1.807, 2.05) is 48.5 Å². The van der Waals surface area contributed by atoms with Gasteiger partial charge < -0.3 is 10.1 Å². The number of carbonyl (C=O) groups excluding carboxylic acids is 1. The molecule has 5 aromatic rings. The maximum absolute atomic E-state index is 13.1. The van der Waals surface area contributed by atoms with Gasteiger partial charge in [-0.1, -0.05) is 31.2 Å². The number of hydrogen-bond acceptors (Lipinski definition) is 4. The molecular weight excluding hydrogens is 428 g/mol. The van der Waals surface area contributed by atoms with Gasteiger partial charge in [0.1, 0.15) is 5.75 Å². The average molecular weight is 453 g/mol. The largest absolute Gasteiger partial charge is 0.497 e. The second-order valence-electron chi connectivity index (χ2n) is 8.08. The van der Waals surface area contributed by atoms with Crippen LogP contribution in [0.2, 0.25) is 0 Å². The Morgan fingerprint density at radius 3 is 2.44 bits per heavy atom. The zero-order valence-electron chi connectivity index (χ0n) is 19.0. The number of methoxy groups -OCH3 is 1. The third-order valence-electron chi connectivity index (χ3n) is 6.00. The molecule has 3 aromatic carbocycles. The third kappa shape index (κ3) is 3.92. The van der Waals surface area contributed by atoms with Crippen molar-refractivity contribution < 1.29 is 9.53 Å². The van der Waals surface area contributed by atoms with E-state index in [-0.39, 0.29) is 11.5 Å². The van der Waals surface area contributed by atoms with Gasteiger partial charge in [-0.15, -0.1) is 0 Å². The van der Waals surface area contributed by atoms with Crippen LogP contribution in [0.5, 0.6) is 5.75 Å². The molecule has 0 spiro atoms. The van der Waals surface area contributed by atoms with Gasteiger partial charge in [0.15, 0.2) is 0 Å². The quantitative estimate of drug-likeness (QED) is 0.400. The number of aromatic nitrogens is 3. The zero-order valence-corrected chi connectivity index (χ0v) is 19.0. The van der Waals surface area contributed by atoms with Gasteiger partial charge in [0, 0.05) is 23.7 Å². The molecule has 0 aliphatic rings. The fourth-order valence-corrected chi connectivity index (χ4v) is 3.99. The van der Waals surface area contributed by atoms with Crippen molar-refractivity contribution in [3.8, 4) is 11.4 Å². The number of amides is 1. The number of ether oxygens (including phenoxy) is 1. The van der Waals surface area contributed by atoms with E-state index in [1.54, 1.807) is 31.5 Å². The van der Waals surface area contributed by atoms with Crippen molar-refractivity contribution in [2.45, 2.75) is 19.9 Å². The molecule has 5 rings (SSSR count). The number of nitrogens with zero attached hydrogens (tertiary/aromatic N) is 2. The predicted octanol–water partition coefficient (Wildman–Crippen LogP) is 4.37. The molecule has 0 bridgehead atoms. The van der Waals surface area contributed by atoms with Gasteiger partial charge in [0.25, 0.3) is 11.5 Å². The monoisotopic (exact) mass is 452 g/mol. The number of aryl methyl sites for hydroxylation is 1. The van der Waals surface area contributed by atoms with Crippen LogP contribution >= 0.6 is 0 Å². The summed E-state index contributed by atoms with van der Waals surface area (Å²) in [7, 11) is 1.62. The highest BCUT2D eigenvalue weighted by Gasteiger charge is 2.14. The van der Waals surface area contributed by atoms with E-state index < -0.39 is 0 Å². The second kappa shape index (κ2) is 8.86. The SMILES string of the molecule is CCc1ccc(-n2[nH]c3c(cnc4ccc(C(=O)NCc5ccc(OC)cc5)cc43)c2=O)cc1. The summed E-state index contributed by atoms with van der Waals surface area (Å²) >= 11 is 0. The van der Waals surface area contributed by atoms with Crippen LogP contribution in [0.1, 0.15) is 28.4 Å². The van der Waals surface area contributed by atoms with Crippen LogP contribution in [0, 0.1) is 0 Å². The van der Waals surface area contributed by atoms with Crippen LogP contribution in [-0.2, 0) is 13.0 Å². The molecule has 0 unspecified atom stereocenters. The van der Waals surface area contributed by atoms with Crippen molar-refractivity contribution in [3.05, 3.63) is 100.0 Å². The van der Waals surface area contributed by atoms with Crippen molar-refractivity contribution in [2.75, 3.05) is 7.11 Å². The summed E-state index contributed by atoms with van der Waals surface area (Å²) in [5, 5.41) is 7.35. The lowest BCUT2D eigenvalue weighted by molar-refractivity contribution is 0.0951. The van der Waals surface area contributed by atoms with Gasteiger partial charge in [0.05, 0.1) is 29.2 Å². The summed E-state index contributed by atoms with van der Waals surface area (Å²) in [5.74, 6) is 0.565. The van der Waals surface area contributed by atoms with Gasteiger partial charge in [-0.3, -0.25) is 19.7 Å². The summed E-state index contributed by atoms with van der Waals surface area (Å²) in [6.45, 7) is 2.48. The topological polar surface area (TPSA) is 89.0 Å². The lowest BCUT2D eigenvalue weighted by atomic mass is 10.1. The Bertz CT molecular complexity index is 1550. The molecule has 2 N–H and O–H groups in total. The van der Waals surface area contributed by atoms with Gasteiger partial charge in [-0.05, 0) is 60.0 Å². The minimum absolute atomic E-state index is 0.178. The molecule has 0 aliphatic heterocycles. The lowest BCUT2D eigenvalue weighted by Gasteiger charge is -2.07. The van der Waals surface area contributed by atoms with Gasteiger partial charge in [0.2, 0.25) is 0 Å². The van der Waals surface area contributed by atoms with E-state index in [0.29, 0.717) is 28.5 Å². The standard InChI is InChI=1S/C27H24N4O3/c1-3-17-4-9-20(10-5-17)31-27(33)23-16-28-24-13-8-19(14-22(24)25(23)30-31)26(32)29-15-18-6-11-21(34-2)12-7-18/h4-14,16,30H,3,15H2,1-2H3,(H,29,32). The minimum Gasteiger partial charge on any atom is -0.497 e. The Balaban J connectivity index is 1.47. The van der Waals surface area contributed by atoms with Gasteiger partial charge >= 0.3 is 0 Å². The molecule has 0 radical (unpaired) electrons. The Kier molecular flexibility index (Phi) is 5.59. The first-order valence-electron chi connectivity index (χ1n) is 11.1. The highest BCUT2D eigenvalue weighted by Crippen LogP contribution is 2.23. The number of carbonyl (C=O) groups is 1. The summed E-state index contributed by atoms with van der Waals surface area (Å²) in [5.41, 5.74) is 4.59. The highest BCUT2D eigenvalue weighted by molar-refractivity contribution is 6.06. The number of pyridine rings is 1. The molecule has 0 aliphatic carbocycles. The zero-order chi connectivity index (χ0) is 23.7. The molecule has 0 saturated carbocycles. The Morgan fingerprint density at radius 1 is 1.00 bits per heavy atom. The number of aromatic amines is 1. The molecule has 1 amide bonds. The Morgan fingerprint density at radius 2 is 1.74 bits per heavy atom. The van der Waals surface area contributed by atoms with Crippen molar-refractivity contribution >= 4 is 27.7 Å². The van der Waals surface area contributed by atoms with E-state index in [9.17, 15) is 9.59 Å². The molecule has 2 aromatic heterocycles. The van der Waals surface area contributed by atoms with Gasteiger partial charge in [-0.2, -0.15) is 0 Å². The Labute approximate surface area is 196 Å². The Hall–Kier alpha value is -4.39. The van der Waals surface area contributed by atoms with Crippen molar-refractivity contribution in [2.24, 2.45) is 0 Å². The maximum Gasteiger partial charge on any atom is 0.280 e. The first-order chi connectivity index (χ1) is 16.6. The number of benzene rings is 3. The highest BCUT2D eigenvalue weighted by atomic mass is 16.5. The van der Waals surface area contributed by atoms with E-state index in [4.69, 9.17) is 4.74 Å². The molecule has 7 nitrogen and oxygen atoms in total. The number of hydrogen-bond donors (Lipinski definition) is 2. The van der Waals surface area contributed by atoms with Crippen molar-refractivity contribution in [1.29, 1.82) is 0 Å². The summed E-state index contributed by atoms with van der Waals surface area (Å²) in [6, 6.07) is 20.7. The van der Waals surface area contributed by atoms with Crippen LogP contribution in [0.25, 0.3) is 27.5 Å². The first kappa shape index (κ1) is 21.5. The van der Waals surface area contributed by atoms with Crippen LogP contribution < -0.4 is 15.6 Å². The van der Waals surface area contributed by atoms with Crippen molar-refractivity contribution in [3.63, 3.8) is 0 Å². The smallest absolute Gasteiger partial charge is 0.280 e. The number of rotatable bonds is 6. The normalized spacial score (nSPS) is 11.1. The maximum atomic E-state index is 13.1. The summed E-state index contributed by atoms with van der Waals surface area (Å²) in [4.78, 5) is 30.3. The van der Waals surface area contributed by atoms with Crippen LogP contribution in [0.15, 0.2) is 77.7 Å². The second-order valence-corrected chi connectivity index (χ2v) is 8.08. The van der Waals surface area contributed by atoms with E-state index >= 15 is 0 Å². The molecule has 170 valence electrons. The average Bonchev–Trinajstić information content (AvgIpc) is 3.24. The van der Waals surface area contributed by atoms with Crippen molar-refractivity contribution in [1.82, 2.24) is 20.1 Å². The summed E-state index contributed by atoms with van der Waals surface area (Å²) < 4.78 is 6.68. The predicted molar refractivity (Wildman–Crippen MR) is 133 cm³/mol. The molecular formula is C27H24N4O3. The molecule has 0 atom stereocenters. The van der Waals surface area contributed by atoms with Crippen LogP contribution in [-0.4, -0.2) is 27.8 Å². The van der Waals surface area contributed by atoms with Gasteiger partial charge in [-0.25, -0.2) is 4.68 Å². The number of H-pyrrole nitrogens is 1. The molecule has 0 saturated heterocycles. The molecule has 0 fully saturated rings. The molecule has 34 heavy (non-hydrogen) atoms. The number of fused-ring (bicyclic) bond motifs is 3. The van der Waals surface area contributed by atoms with E-state index in [2.05, 4.69) is 22.3 Å². The third-order valence-corrected chi connectivity index (χ3v) is 6.00.